The Balaban J connectivity index is 2.37. The van der Waals surface area contributed by atoms with Gasteiger partial charge in [0.05, 0.1) is 11.1 Å². The number of benzene rings is 3. The molecule has 0 aliphatic rings. The Bertz CT molecular complexity index is 965. The van der Waals surface area contributed by atoms with Crippen LogP contribution in [0.1, 0.15) is 15.9 Å². The van der Waals surface area contributed by atoms with Crippen LogP contribution in [-0.4, -0.2) is 5.91 Å². The molecule has 26 heavy (non-hydrogen) atoms. The molecule has 0 saturated carbocycles. The number of amides is 1. The molecule has 6 heteroatoms. The zero-order chi connectivity index (χ0) is 18.9. The first kappa shape index (κ1) is 17.7. The lowest BCUT2D eigenvalue weighted by molar-refractivity contribution is -0.137. The summed E-state index contributed by atoms with van der Waals surface area (Å²) < 4.78 is 54.9. The molecule has 3 aromatic rings. The number of hydrogen-bond donors (Lipinski definition) is 1. The van der Waals surface area contributed by atoms with Gasteiger partial charge in [0.15, 0.2) is 0 Å². The molecule has 0 spiro atoms. The summed E-state index contributed by atoms with van der Waals surface area (Å²) in [6, 6.07) is 15.8. The maximum atomic E-state index is 13.9. The number of alkyl halides is 3. The maximum absolute atomic E-state index is 13.9. The molecule has 0 fully saturated rings. The van der Waals surface area contributed by atoms with Crippen molar-refractivity contribution in [2.75, 3.05) is 0 Å². The van der Waals surface area contributed by atoms with Gasteiger partial charge in [0.2, 0.25) is 5.91 Å². The van der Waals surface area contributed by atoms with Gasteiger partial charge in [-0.1, -0.05) is 48.5 Å². The molecule has 0 aliphatic carbocycles. The Hall–Kier alpha value is -3.15. The normalized spacial score (nSPS) is 11.4. The molecule has 3 aromatic carbocycles. The lowest BCUT2D eigenvalue weighted by Gasteiger charge is -2.18. The zero-order valence-corrected chi connectivity index (χ0v) is 13.3. The minimum atomic E-state index is -4.83. The Labute approximate surface area is 146 Å². The fourth-order valence-electron chi connectivity index (χ4n) is 2.90. The summed E-state index contributed by atoms with van der Waals surface area (Å²) >= 11 is 0. The average molecular weight is 359 g/mol. The maximum Gasteiger partial charge on any atom is 0.417 e. The van der Waals surface area contributed by atoms with E-state index in [4.69, 9.17) is 5.73 Å². The molecule has 0 aromatic heterocycles. The highest BCUT2D eigenvalue weighted by Crippen LogP contribution is 2.42. The van der Waals surface area contributed by atoms with Crippen molar-refractivity contribution in [1.82, 2.24) is 0 Å². The lowest BCUT2D eigenvalue weighted by atomic mass is 9.89. The van der Waals surface area contributed by atoms with Crippen molar-refractivity contribution in [2.45, 2.75) is 6.18 Å². The van der Waals surface area contributed by atoms with E-state index in [1.54, 1.807) is 30.3 Å². The van der Waals surface area contributed by atoms with Gasteiger partial charge in [0, 0.05) is 0 Å². The number of rotatable bonds is 3. The van der Waals surface area contributed by atoms with Crippen LogP contribution < -0.4 is 5.73 Å². The molecular formula is C20H13F4NO. The van der Waals surface area contributed by atoms with Crippen LogP contribution in [0.3, 0.4) is 0 Å². The standard InChI is InChI=1S/C20H13F4NO/c21-13-9-10-14(12-5-2-1-3-6-12)17(11-13)15-7-4-8-16(19(25)26)18(15)20(22,23)24/h1-11H,(H2,25,26). The smallest absolute Gasteiger partial charge is 0.366 e. The molecule has 2 N–H and O–H groups in total. The number of hydrogen-bond acceptors (Lipinski definition) is 1. The Morgan fingerprint density at radius 1 is 0.808 bits per heavy atom. The van der Waals surface area contributed by atoms with Gasteiger partial charge in [-0.15, -0.1) is 0 Å². The molecule has 0 heterocycles. The van der Waals surface area contributed by atoms with E-state index in [0.29, 0.717) is 11.1 Å². The first-order valence-electron chi connectivity index (χ1n) is 7.64. The molecule has 0 bridgehead atoms. The number of halogens is 4. The van der Waals surface area contributed by atoms with Crippen LogP contribution in [0.25, 0.3) is 22.3 Å². The van der Waals surface area contributed by atoms with Crippen LogP contribution in [0.4, 0.5) is 17.6 Å². The van der Waals surface area contributed by atoms with Gasteiger partial charge in [-0.3, -0.25) is 4.79 Å². The van der Waals surface area contributed by atoms with Gasteiger partial charge in [-0.25, -0.2) is 4.39 Å². The van der Waals surface area contributed by atoms with E-state index in [1.165, 1.54) is 24.3 Å². The van der Waals surface area contributed by atoms with Gasteiger partial charge in [0.1, 0.15) is 5.82 Å². The van der Waals surface area contributed by atoms with Crippen molar-refractivity contribution in [3.05, 3.63) is 83.7 Å². The van der Waals surface area contributed by atoms with Crippen molar-refractivity contribution in [3.63, 3.8) is 0 Å². The van der Waals surface area contributed by atoms with Crippen molar-refractivity contribution in [1.29, 1.82) is 0 Å². The van der Waals surface area contributed by atoms with Crippen LogP contribution >= 0.6 is 0 Å². The summed E-state index contributed by atoms with van der Waals surface area (Å²) in [5, 5.41) is 0. The van der Waals surface area contributed by atoms with Crippen LogP contribution in [-0.2, 0) is 6.18 Å². The van der Waals surface area contributed by atoms with Crippen LogP contribution in [0.2, 0.25) is 0 Å². The SMILES string of the molecule is NC(=O)c1cccc(-c2cc(F)ccc2-c2ccccc2)c1C(F)(F)F. The van der Waals surface area contributed by atoms with Crippen molar-refractivity contribution < 1.29 is 22.4 Å². The molecule has 0 saturated heterocycles. The van der Waals surface area contributed by atoms with Crippen molar-refractivity contribution in [3.8, 4) is 22.3 Å². The predicted octanol–water partition coefficient (Wildman–Crippen LogP) is 5.28. The average Bonchev–Trinajstić information content (AvgIpc) is 2.61. The quantitative estimate of drug-likeness (QED) is 0.636. The van der Waals surface area contributed by atoms with Crippen molar-refractivity contribution in [2.24, 2.45) is 5.73 Å². The summed E-state index contributed by atoms with van der Waals surface area (Å²) in [6.07, 6.45) is -4.83. The first-order chi connectivity index (χ1) is 12.3. The van der Waals surface area contributed by atoms with E-state index in [0.717, 1.165) is 12.1 Å². The fourth-order valence-corrected chi connectivity index (χ4v) is 2.90. The number of carbonyl (C=O) groups is 1. The van der Waals surface area contributed by atoms with E-state index < -0.39 is 29.0 Å². The summed E-state index contributed by atoms with van der Waals surface area (Å²) in [5.41, 5.74) is 4.07. The monoisotopic (exact) mass is 359 g/mol. The van der Waals surface area contributed by atoms with E-state index >= 15 is 0 Å². The molecule has 0 atom stereocenters. The van der Waals surface area contributed by atoms with Gasteiger partial charge in [0.25, 0.3) is 0 Å². The van der Waals surface area contributed by atoms with Crippen LogP contribution in [0.5, 0.6) is 0 Å². The molecule has 0 unspecified atom stereocenters. The first-order valence-corrected chi connectivity index (χ1v) is 7.64. The fraction of sp³-hybridized carbons (Fsp3) is 0.0500. The van der Waals surface area contributed by atoms with Crippen LogP contribution in [0.15, 0.2) is 66.7 Å². The molecule has 1 amide bonds. The predicted molar refractivity (Wildman–Crippen MR) is 90.8 cm³/mol. The highest BCUT2D eigenvalue weighted by atomic mass is 19.4. The van der Waals surface area contributed by atoms with Gasteiger partial charge in [-0.05, 0) is 40.5 Å². The van der Waals surface area contributed by atoms with E-state index in [2.05, 4.69) is 0 Å². The van der Waals surface area contributed by atoms with Crippen molar-refractivity contribution >= 4 is 5.91 Å². The third kappa shape index (κ3) is 3.31. The number of primary amides is 1. The van der Waals surface area contributed by atoms with Gasteiger partial charge >= 0.3 is 6.18 Å². The second-order valence-corrected chi connectivity index (χ2v) is 5.65. The molecule has 2 nitrogen and oxygen atoms in total. The second-order valence-electron chi connectivity index (χ2n) is 5.65. The largest absolute Gasteiger partial charge is 0.417 e. The van der Waals surface area contributed by atoms with E-state index in [9.17, 15) is 22.4 Å². The highest BCUT2D eigenvalue weighted by Gasteiger charge is 2.38. The second kappa shape index (κ2) is 6.63. The summed E-state index contributed by atoms with van der Waals surface area (Å²) in [4.78, 5) is 11.5. The number of nitrogens with two attached hydrogens (primary N) is 1. The Morgan fingerprint density at radius 2 is 1.50 bits per heavy atom. The summed E-state index contributed by atoms with van der Waals surface area (Å²) in [6.45, 7) is 0. The summed E-state index contributed by atoms with van der Waals surface area (Å²) in [7, 11) is 0. The minimum absolute atomic E-state index is 0.0339. The third-order valence-electron chi connectivity index (χ3n) is 3.97. The summed E-state index contributed by atoms with van der Waals surface area (Å²) in [5.74, 6) is -1.88. The minimum Gasteiger partial charge on any atom is -0.366 e. The van der Waals surface area contributed by atoms with E-state index in [-0.39, 0.29) is 11.1 Å². The lowest BCUT2D eigenvalue weighted by Crippen LogP contribution is -2.20. The van der Waals surface area contributed by atoms with Crippen LogP contribution in [0, 0.1) is 5.82 Å². The topological polar surface area (TPSA) is 43.1 Å². The molecule has 0 radical (unpaired) electrons. The van der Waals surface area contributed by atoms with E-state index in [1.807, 2.05) is 0 Å². The Kier molecular flexibility index (Phi) is 4.50. The molecule has 132 valence electrons. The molecule has 3 rings (SSSR count). The zero-order valence-electron chi connectivity index (χ0n) is 13.3. The highest BCUT2D eigenvalue weighted by molar-refractivity contribution is 5.98. The molecule has 0 aliphatic heterocycles. The third-order valence-corrected chi connectivity index (χ3v) is 3.97. The number of carbonyl (C=O) groups excluding carboxylic acids is 1. The Morgan fingerprint density at radius 3 is 2.12 bits per heavy atom. The van der Waals surface area contributed by atoms with Gasteiger partial charge in [-0.2, -0.15) is 13.2 Å². The van der Waals surface area contributed by atoms with Gasteiger partial charge < -0.3 is 5.73 Å². The molecular weight excluding hydrogens is 346 g/mol.